The molecule has 2 N–H and O–H groups in total. The summed E-state index contributed by atoms with van der Waals surface area (Å²) in [6, 6.07) is 21.1. The van der Waals surface area contributed by atoms with Crippen molar-refractivity contribution in [2.45, 2.75) is 91.0 Å². The van der Waals surface area contributed by atoms with E-state index in [1.807, 2.05) is 102 Å². The molecule has 0 aliphatic carbocycles. The normalized spacial score (nSPS) is 19.3. The maximum Gasteiger partial charge on any atom is 0.419 e. The summed E-state index contributed by atoms with van der Waals surface area (Å²) >= 11 is 14.0. The maximum absolute atomic E-state index is 15.6. The fourth-order valence-electron chi connectivity index (χ4n) is 11.1. The average Bonchev–Trinajstić information content (AvgIpc) is 4.21. The lowest BCUT2D eigenvalue weighted by atomic mass is 9.87. The second-order valence-corrected chi connectivity index (χ2v) is 27.1. The number of nitrogens with zero attached hydrogens (tertiary/aromatic N) is 6. The second kappa shape index (κ2) is 20.2. The number of aromatic nitrogens is 2. The third kappa shape index (κ3) is 10.8. The SMILES string of the molecule is CC(C)(C)OC(=O)n1c(-c2ccc(Cl)c3c2C(C(=O)C2NCc4c(Cl)ccc(-c5cc6cc(CN7CCN(S(C)(=O)=O)CC7)ccc6n5C(=O)OC(C)(C)C)c42)NC3)cc2cc(CN3CCN(S(C)(=O)=O)CC3)ccc21. The third-order valence-corrected chi connectivity index (χ3v) is 17.9. The number of ketones is 1. The summed E-state index contributed by atoms with van der Waals surface area (Å²) in [6.07, 6.45) is 1.28. The summed E-state index contributed by atoms with van der Waals surface area (Å²) in [5.74, 6) is -0.221. The zero-order valence-corrected chi connectivity index (χ0v) is 47.1. The molecule has 76 heavy (non-hydrogen) atoms. The molecule has 17 nitrogen and oxygen atoms in total. The monoisotopic (exact) mass is 1110 g/mol. The fraction of sp³-hybridized carbons (Fsp3) is 0.436. The second-order valence-electron chi connectivity index (χ2n) is 22.4. The van der Waals surface area contributed by atoms with Crippen LogP contribution in [0.25, 0.3) is 44.3 Å². The Labute approximate surface area is 454 Å². The van der Waals surface area contributed by atoms with Crippen LogP contribution in [0.4, 0.5) is 9.59 Å². The standard InChI is InChI=1S/C55H64Cl2N8O9S2/c1-54(2,3)73-52(67)64-43-15-9-33(31-60-17-21-62(22-18-60)75(7,69)70)25-35(43)27-45(64)37-11-13-41(56)39-29-58-49(47(37)39)51(66)50-48-38(12-14-42(57)40(48)30-59-50)46-28-36-26-34(32-61-19-23-63(24-20-61)76(8,71)72)10-16-44(36)65(46)53(68)74-55(4,5)6/h9-16,25-28,49-50,58-59H,17-24,29-32H2,1-8H3. The minimum atomic E-state index is -3.29. The molecule has 0 spiro atoms. The number of hydrogen-bond donors (Lipinski definition) is 2. The Hall–Kier alpha value is -5.19. The van der Waals surface area contributed by atoms with Gasteiger partial charge in [-0.25, -0.2) is 35.6 Å². The van der Waals surface area contributed by atoms with Gasteiger partial charge in [0.1, 0.15) is 11.2 Å². The van der Waals surface area contributed by atoms with Crippen molar-refractivity contribution >= 4 is 83.0 Å². The Morgan fingerprint density at radius 1 is 0.553 bits per heavy atom. The molecule has 21 heteroatoms. The van der Waals surface area contributed by atoms with Gasteiger partial charge < -0.3 is 9.47 Å². The smallest absolute Gasteiger partial charge is 0.419 e. The Kier molecular flexibility index (Phi) is 14.4. The van der Waals surface area contributed by atoms with Crippen molar-refractivity contribution in [3.05, 3.63) is 116 Å². The van der Waals surface area contributed by atoms with Gasteiger partial charge in [0.2, 0.25) is 20.0 Å². The van der Waals surface area contributed by atoms with Crippen LogP contribution in [0.1, 0.15) is 87.0 Å². The number of carbonyl (C=O) groups is 3. The van der Waals surface area contributed by atoms with E-state index in [1.165, 1.54) is 21.1 Å². The summed E-state index contributed by atoms with van der Waals surface area (Å²) in [4.78, 5) is 48.9. The summed E-state index contributed by atoms with van der Waals surface area (Å²) in [6.45, 7) is 16.5. The molecule has 4 aromatic carbocycles. The molecule has 0 bridgehead atoms. The first-order valence-corrected chi connectivity index (χ1v) is 29.9. The van der Waals surface area contributed by atoms with E-state index in [1.54, 1.807) is 21.3 Å². The van der Waals surface area contributed by atoms with E-state index in [0.29, 0.717) is 120 Å². The molecule has 0 saturated carbocycles. The first-order valence-electron chi connectivity index (χ1n) is 25.5. The Balaban J connectivity index is 1.02. The highest BCUT2D eigenvalue weighted by Gasteiger charge is 2.42. The molecule has 0 amide bonds. The van der Waals surface area contributed by atoms with Crippen LogP contribution in [0.15, 0.2) is 72.8 Å². The van der Waals surface area contributed by atoms with Crippen LogP contribution in [-0.2, 0) is 60.5 Å². The number of hydrogen-bond acceptors (Lipinski definition) is 13. The third-order valence-electron chi connectivity index (χ3n) is 14.6. The van der Waals surface area contributed by atoms with Crippen LogP contribution in [0.3, 0.4) is 0 Å². The number of carbonyl (C=O) groups excluding carboxylic acids is 3. The van der Waals surface area contributed by atoms with E-state index in [2.05, 4.69) is 20.4 Å². The van der Waals surface area contributed by atoms with E-state index in [-0.39, 0.29) is 18.9 Å². The number of benzene rings is 4. The highest BCUT2D eigenvalue weighted by atomic mass is 35.5. The predicted octanol–water partition coefficient (Wildman–Crippen LogP) is 8.52. The first-order chi connectivity index (χ1) is 35.7. The van der Waals surface area contributed by atoms with Gasteiger partial charge in [0.15, 0.2) is 5.78 Å². The highest BCUT2D eigenvalue weighted by molar-refractivity contribution is 7.88. The molecule has 6 aromatic rings. The minimum Gasteiger partial charge on any atom is -0.443 e. The summed E-state index contributed by atoms with van der Waals surface area (Å²) in [5, 5.41) is 9.41. The molecule has 2 unspecified atom stereocenters. The Bertz CT molecular complexity index is 3340. The quantitative estimate of drug-likeness (QED) is 0.133. The van der Waals surface area contributed by atoms with Crippen LogP contribution in [-0.4, -0.2) is 138 Å². The largest absolute Gasteiger partial charge is 0.443 e. The van der Waals surface area contributed by atoms with Gasteiger partial charge in [0, 0.05) is 110 Å². The molecule has 2 aromatic heterocycles. The molecule has 2 fully saturated rings. The molecule has 4 aliphatic rings. The number of rotatable bonds is 10. The molecule has 4 aliphatic heterocycles. The number of halogens is 2. The van der Waals surface area contributed by atoms with Crippen LogP contribution in [0.5, 0.6) is 0 Å². The number of fused-ring (bicyclic) bond motifs is 4. The van der Waals surface area contributed by atoms with E-state index < -0.39 is 55.5 Å². The van der Waals surface area contributed by atoms with E-state index >= 15 is 4.79 Å². The topological polar surface area (TPSA) is 185 Å². The van der Waals surface area contributed by atoms with Gasteiger partial charge in [-0.3, -0.25) is 25.2 Å². The summed E-state index contributed by atoms with van der Waals surface area (Å²) in [7, 11) is -6.57. The lowest BCUT2D eigenvalue weighted by Gasteiger charge is -2.33. The van der Waals surface area contributed by atoms with Crippen molar-refractivity contribution < 1.29 is 40.7 Å². The number of sulfonamides is 2. The van der Waals surface area contributed by atoms with Crippen molar-refractivity contribution in [1.29, 1.82) is 0 Å². The zero-order chi connectivity index (χ0) is 54.4. The van der Waals surface area contributed by atoms with Gasteiger partial charge >= 0.3 is 12.2 Å². The van der Waals surface area contributed by atoms with Crippen molar-refractivity contribution in [3.8, 4) is 22.5 Å². The lowest BCUT2D eigenvalue weighted by Crippen LogP contribution is -2.47. The van der Waals surface area contributed by atoms with E-state index in [4.69, 9.17) is 32.7 Å². The summed E-state index contributed by atoms with van der Waals surface area (Å²) in [5.41, 5.74) is 6.46. The van der Waals surface area contributed by atoms with Crippen LogP contribution < -0.4 is 10.6 Å². The number of piperazine rings is 2. The molecule has 404 valence electrons. The van der Waals surface area contributed by atoms with Crippen LogP contribution in [0.2, 0.25) is 10.0 Å². The van der Waals surface area contributed by atoms with Crippen LogP contribution >= 0.6 is 23.2 Å². The molecular weight excluding hydrogens is 1050 g/mol. The van der Waals surface area contributed by atoms with E-state index in [0.717, 1.165) is 33.0 Å². The van der Waals surface area contributed by atoms with Crippen LogP contribution in [0, 0.1) is 0 Å². The summed E-state index contributed by atoms with van der Waals surface area (Å²) < 4.78 is 67.0. The van der Waals surface area contributed by atoms with Gasteiger partial charge in [0.25, 0.3) is 0 Å². The van der Waals surface area contributed by atoms with Gasteiger partial charge in [0.05, 0.1) is 47.0 Å². The van der Waals surface area contributed by atoms with Gasteiger partial charge in [-0.2, -0.15) is 8.61 Å². The maximum atomic E-state index is 15.6. The van der Waals surface area contributed by atoms with Gasteiger partial charge in [-0.15, -0.1) is 0 Å². The van der Waals surface area contributed by atoms with Gasteiger partial charge in [-0.1, -0.05) is 47.5 Å². The lowest BCUT2D eigenvalue weighted by molar-refractivity contribution is -0.123. The van der Waals surface area contributed by atoms with Gasteiger partial charge in [-0.05, 0) is 123 Å². The minimum absolute atomic E-state index is 0.221. The van der Waals surface area contributed by atoms with Crippen molar-refractivity contribution in [3.63, 3.8) is 0 Å². The van der Waals surface area contributed by atoms with E-state index in [9.17, 15) is 26.4 Å². The molecule has 6 heterocycles. The zero-order valence-electron chi connectivity index (χ0n) is 44.0. The number of nitrogens with one attached hydrogen (secondary N) is 2. The number of ether oxygens (including phenoxy) is 2. The number of Topliss-reactive ketones (excluding diaryl/α,β-unsaturated/α-hetero) is 1. The fourth-order valence-corrected chi connectivity index (χ4v) is 13.2. The first kappa shape index (κ1) is 54.2. The molecular formula is C55H64Cl2N8O9S2. The van der Waals surface area contributed by atoms with Crippen molar-refractivity contribution in [2.75, 3.05) is 64.9 Å². The van der Waals surface area contributed by atoms with Crippen molar-refractivity contribution in [1.82, 2.24) is 38.2 Å². The average molecular weight is 1120 g/mol. The molecule has 0 radical (unpaired) electrons. The predicted molar refractivity (Wildman–Crippen MR) is 296 cm³/mol. The molecule has 2 saturated heterocycles. The highest BCUT2D eigenvalue weighted by Crippen LogP contribution is 2.47. The Morgan fingerprint density at radius 2 is 0.921 bits per heavy atom. The Morgan fingerprint density at radius 3 is 1.26 bits per heavy atom. The molecule has 2 atom stereocenters. The van der Waals surface area contributed by atoms with Crippen molar-refractivity contribution in [2.24, 2.45) is 0 Å². The molecule has 10 rings (SSSR count).